The van der Waals surface area contributed by atoms with Crippen LogP contribution in [0.15, 0.2) is 73.1 Å². The van der Waals surface area contributed by atoms with E-state index in [9.17, 15) is 0 Å². The molecule has 0 spiro atoms. The van der Waals surface area contributed by atoms with Crippen LogP contribution in [0.2, 0.25) is 0 Å². The van der Waals surface area contributed by atoms with E-state index < -0.39 is 0 Å². The van der Waals surface area contributed by atoms with Crippen molar-refractivity contribution < 1.29 is 4.74 Å². The molecule has 0 fully saturated rings. The number of benzene rings is 2. The second-order valence-electron chi connectivity index (χ2n) is 5.04. The van der Waals surface area contributed by atoms with E-state index in [-0.39, 0.29) is 0 Å². The molecular formula is C18H14N4O. The van der Waals surface area contributed by atoms with E-state index in [0.29, 0.717) is 5.95 Å². The van der Waals surface area contributed by atoms with Crippen molar-refractivity contribution in [3.8, 4) is 11.5 Å². The minimum Gasteiger partial charge on any atom is -0.457 e. The minimum absolute atomic E-state index is 0.701. The molecule has 4 rings (SSSR count). The Kier molecular flexibility index (Phi) is 3.37. The van der Waals surface area contributed by atoms with Crippen molar-refractivity contribution in [1.82, 2.24) is 15.0 Å². The van der Waals surface area contributed by atoms with Crippen molar-refractivity contribution in [2.24, 2.45) is 0 Å². The highest BCUT2D eigenvalue weighted by molar-refractivity contribution is 5.80. The number of rotatable bonds is 4. The Balaban J connectivity index is 1.59. The number of aromatic nitrogens is 3. The molecule has 0 saturated carbocycles. The van der Waals surface area contributed by atoms with Crippen LogP contribution in [-0.4, -0.2) is 15.0 Å². The molecule has 0 atom stereocenters. The Morgan fingerprint density at radius 1 is 0.870 bits per heavy atom. The first kappa shape index (κ1) is 13.3. The number of para-hydroxylation sites is 1. The van der Waals surface area contributed by atoms with Crippen LogP contribution < -0.4 is 10.1 Å². The fraction of sp³-hybridized carbons (Fsp3) is 0. The average Bonchev–Trinajstić information content (AvgIpc) is 2.98. The number of aromatic amines is 1. The highest BCUT2D eigenvalue weighted by atomic mass is 16.5. The molecule has 2 aromatic heterocycles. The Hall–Kier alpha value is -3.34. The van der Waals surface area contributed by atoms with Crippen LogP contribution in [0.25, 0.3) is 11.0 Å². The summed E-state index contributed by atoms with van der Waals surface area (Å²) in [7, 11) is 0. The topological polar surface area (TPSA) is 62.8 Å². The highest BCUT2D eigenvalue weighted by Crippen LogP contribution is 2.25. The number of hydrogen-bond acceptors (Lipinski definition) is 4. The van der Waals surface area contributed by atoms with Crippen LogP contribution in [0.1, 0.15) is 0 Å². The van der Waals surface area contributed by atoms with Gasteiger partial charge in [-0.15, -0.1) is 0 Å². The minimum atomic E-state index is 0.701. The van der Waals surface area contributed by atoms with E-state index >= 15 is 0 Å². The van der Waals surface area contributed by atoms with Gasteiger partial charge in [-0.1, -0.05) is 18.2 Å². The lowest BCUT2D eigenvalue weighted by atomic mass is 10.3. The summed E-state index contributed by atoms with van der Waals surface area (Å²) >= 11 is 0. The smallest absolute Gasteiger partial charge is 0.205 e. The van der Waals surface area contributed by atoms with Crippen molar-refractivity contribution in [3.05, 3.63) is 73.1 Å². The van der Waals surface area contributed by atoms with Gasteiger partial charge in [0, 0.05) is 24.1 Å². The number of nitrogens with one attached hydrogen (secondary N) is 2. The summed E-state index contributed by atoms with van der Waals surface area (Å²) in [5.74, 6) is 2.20. The molecule has 5 heteroatoms. The summed E-state index contributed by atoms with van der Waals surface area (Å²) < 4.78 is 5.81. The van der Waals surface area contributed by atoms with E-state index in [2.05, 4.69) is 20.3 Å². The van der Waals surface area contributed by atoms with Crippen molar-refractivity contribution >= 4 is 22.7 Å². The standard InChI is InChI=1S/C18H14N4O/c1-2-4-13(5-3-1)20-18-21-16-7-6-15(12-17(16)22-18)23-14-8-10-19-11-9-14/h1-12H,(H2,20,21,22). The molecule has 0 amide bonds. The largest absolute Gasteiger partial charge is 0.457 e. The molecule has 2 N–H and O–H groups in total. The lowest BCUT2D eigenvalue weighted by Crippen LogP contribution is -1.90. The predicted molar refractivity (Wildman–Crippen MR) is 90.1 cm³/mol. The van der Waals surface area contributed by atoms with Crippen LogP contribution >= 0.6 is 0 Å². The molecule has 5 nitrogen and oxygen atoms in total. The molecule has 23 heavy (non-hydrogen) atoms. The predicted octanol–water partition coefficient (Wildman–Crippen LogP) is 4.49. The quantitative estimate of drug-likeness (QED) is 0.583. The first-order valence-electron chi connectivity index (χ1n) is 7.26. The third kappa shape index (κ3) is 2.98. The Labute approximate surface area is 133 Å². The molecule has 0 saturated heterocycles. The fourth-order valence-electron chi connectivity index (χ4n) is 2.31. The number of ether oxygens (including phenoxy) is 1. The summed E-state index contributed by atoms with van der Waals surface area (Å²) in [4.78, 5) is 11.8. The average molecular weight is 302 g/mol. The molecule has 0 aliphatic heterocycles. The molecule has 0 bridgehead atoms. The zero-order valence-corrected chi connectivity index (χ0v) is 12.2. The first-order valence-corrected chi connectivity index (χ1v) is 7.26. The summed E-state index contributed by atoms with van der Waals surface area (Å²) in [5.41, 5.74) is 2.78. The van der Waals surface area contributed by atoms with Crippen molar-refractivity contribution in [2.75, 3.05) is 5.32 Å². The van der Waals surface area contributed by atoms with Gasteiger partial charge in [0.25, 0.3) is 0 Å². The normalized spacial score (nSPS) is 10.6. The van der Waals surface area contributed by atoms with Gasteiger partial charge in [-0.2, -0.15) is 0 Å². The lowest BCUT2D eigenvalue weighted by Gasteiger charge is -2.04. The van der Waals surface area contributed by atoms with Crippen molar-refractivity contribution in [3.63, 3.8) is 0 Å². The van der Waals surface area contributed by atoms with Gasteiger partial charge in [0.1, 0.15) is 11.5 Å². The maximum absolute atomic E-state index is 5.81. The van der Waals surface area contributed by atoms with Gasteiger partial charge in [-0.25, -0.2) is 4.98 Å². The SMILES string of the molecule is c1ccc(Nc2nc3ccc(Oc4ccncc4)cc3[nH]2)cc1. The number of fused-ring (bicyclic) bond motifs is 1. The van der Waals surface area contributed by atoms with Crippen LogP contribution in [0.5, 0.6) is 11.5 Å². The summed E-state index contributed by atoms with van der Waals surface area (Å²) in [6.07, 6.45) is 3.40. The number of nitrogens with zero attached hydrogens (tertiary/aromatic N) is 2. The molecule has 112 valence electrons. The van der Waals surface area contributed by atoms with Crippen LogP contribution in [-0.2, 0) is 0 Å². The molecule has 0 aliphatic rings. The molecule has 0 aliphatic carbocycles. The van der Waals surface area contributed by atoms with Gasteiger partial charge in [-0.05, 0) is 36.4 Å². The molecule has 2 aromatic carbocycles. The highest BCUT2D eigenvalue weighted by Gasteiger charge is 2.05. The third-order valence-corrected chi connectivity index (χ3v) is 3.38. The Morgan fingerprint density at radius 3 is 2.52 bits per heavy atom. The molecular weight excluding hydrogens is 288 g/mol. The van der Waals surface area contributed by atoms with Gasteiger partial charge in [0.2, 0.25) is 5.95 Å². The van der Waals surface area contributed by atoms with Crippen LogP contribution in [0.3, 0.4) is 0 Å². The fourth-order valence-corrected chi connectivity index (χ4v) is 2.31. The maximum atomic E-state index is 5.81. The second-order valence-corrected chi connectivity index (χ2v) is 5.04. The van der Waals surface area contributed by atoms with Crippen molar-refractivity contribution in [2.45, 2.75) is 0 Å². The zero-order chi connectivity index (χ0) is 15.5. The number of pyridine rings is 1. The van der Waals surface area contributed by atoms with E-state index in [4.69, 9.17) is 4.74 Å². The monoisotopic (exact) mass is 302 g/mol. The second kappa shape index (κ2) is 5.81. The van der Waals surface area contributed by atoms with Gasteiger partial charge >= 0.3 is 0 Å². The zero-order valence-electron chi connectivity index (χ0n) is 12.2. The van der Waals surface area contributed by atoms with E-state index in [1.165, 1.54) is 0 Å². The lowest BCUT2D eigenvalue weighted by molar-refractivity contribution is 0.482. The molecule has 4 aromatic rings. The van der Waals surface area contributed by atoms with E-state index in [0.717, 1.165) is 28.2 Å². The van der Waals surface area contributed by atoms with Gasteiger partial charge < -0.3 is 15.0 Å². The van der Waals surface area contributed by atoms with E-state index in [1.807, 2.05) is 60.7 Å². The van der Waals surface area contributed by atoms with Gasteiger partial charge in [-0.3, -0.25) is 4.98 Å². The molecule has 0 radical (unpaired) electrons. The summed E-state index contributed by atoms with van der Waals surface area (Å²) in [5, 5.41) is 3.25. The first-order chi connectivity index (χ1) is 11.4. The van der Waals surface area contributed by atoms with E-state index in [1.54, 1.807) is 12.4 Å². The molecule has 0 unspecified atom stereocenters. The van der Waals surface area contributed by atoms with Crippen molar-refractivity contribution in [1.29, 1.82) is 0 Å². The van der Waals surface area contributed by atoms with Gasteiger partial charge in [0.15, 0.2) is 0 Å². The number of imidazole rings is 1. The Bertz CT molecular complexity index is 880. The van der Waals surface area contributed by atoms with Gasteiger partial charge in [0.05, 0.1) is 11.0 Å². The van der Waals surface area contributed by atoms with Crippen LogP contribution in [0.4, 0.5) is 11.6 Å². The Morgan fingerprint density at radius 2 is 1.70 bits per heavy atom. The number of hydrogen-bond donors (Lipinski definition) is 2. The summed E-state index contributed by atoms with van der Waals surface area (Å²) in [6.45, 7) is 0. The summed E-state index contributed by atoms with van der Waals surface area (Å²) in [6, 6.07) is 19.3. The van der Waals surface area contributed by atoms with Crippen LogP contribution in [0, 0.1) is 0 Å². The molecule has 2 heterocycles. The third-order valence-electron chi connectivity index (χ3n) is 3.38. The number of anilines is 2. The number of H-pyrrole nitrogens is 1. The maximum Gasteiger partial charge on any atom is 0.205 e.